The van der Waals surface area contributed by atoms with Gasteiger partial charge in [-0.05, 0) is 60.7 Å². The molecule has 0 fully saturated rings. The summed E-state index contributed by atoms with van der Waals surface area (Å²) in [5.41, 5.74) is 8.67. The molecule has 1 aromatic heterocycles. The van der Waals surface area contributed by atoms with Crippen LogP contribution in [0.5, 0.6) is 0 Å². The number of carbonyl (C=O) groups excluding carboxylic acids is 3. The molecule has 172 valence electrons. The fourth-order valence-corrected chi connectivity index (χ4v) is 2.92. The molecule has 9 heteroatoms. The molecule has 0 unspecified atom stereocenters. The van der Waals surface area contributed by atoms with Gasteiger partial charge in [0.15, 0.2) is 0 Å². The first-order chi connectivity index (χ1) is 16.4. The van der Waals surface area contributed by atoms with E-state index in [0.717, 1.165) is 6.21 Å². The number of benzene rings is 2. The largest absolute Gasteiger partial charge is 0.397 e. The first kappa shape index (κ1) is 23.9. The lowest BCUT2D eigenvalue weighted by Crippen LogP contribution is -2.15. The minimum Gasteiger partial charge on any atom is -0.397 e. The summed E-state index contributed by atoms with van der Waals surface area (Å²) < 4.78 is 0. The van der Waals surface area contributed by atoms with Crippen LogP contribution in [0, 0.1) is 5.41 Å². The number of hydrogen-bond donors (Lipinski definition) is 5. The summed E-state index contributed by atoms with van der Waals surface area (Å²) >= 11 is 0. The lowest BCUT2D eigenvalue weighted by Gasteiger charge is -2.10. The SMILES string of the molecule is CCC(=O)Nc1cccc(C(=O)Nc2ccc(NC(=O)c3cccc(/C(N)=C/C=N)n3)cc2)c1. The Morgan fingerprint density at radius 3 is 2.12 bits per heavy atom. The van der Waals surface area contributed by atoms with E-state index < -0.39 is 5.91 Å². The molecule has 0 radical (unpaired) electrons. The number of pyridine rings is 1. The molecular weight excluding hydrogens is 432 g/mol. The van der Waals surface area contributed by atoms with Crippen LogP contribution < -0.4 is 21.7 Å². The average Bonchev–Trinajstić information content (AvgIpc) is 2.85. The van der Waals surface area contributed by atoms with Crippen molar-refractivity contribution in [2.24, 2.45) is 5.73 Å². The fourth-order valence-electron chi connectivity index (χ4n) is 2.92. The zero-order valence-corrected chi connectivity index (χ0v) is 18.5. The highest BCUT2D eigenvalue weighted by Crippen LogP contribution is 2.17. The number of nitrogens with one attached hydrogen (secondary N) is 4. The molecule has 0 aliphatic carbocycles. The Kier molecular flexibility index (Phi) is 7.85. The maximum atomic E-state index is 12.6. The number of nitrogens with two attached hydrogens (primary N) is 1. The predicted octanol–water partition coefficient (Wildman–Crippen LogP) is 3.88. The Balaban J connectivity index is 1.64. The molecule has 9 nitrogen and oxygen atoms in total. The Bertz CT molecular complexity index is 1250. The molecule has 0 spiro atoms. The normalized spacial score (nSPS) is 10.8. The second-order valence-corrected chi connectivity index (χ2v) is 7.16. The minimum absolute atomic E-state index is 0.136. The first-order valence-corrected chi connectivity index (χ1v) is 10.5. The number of amides is 3. The van der Waals surface area contributed by atoms with Gasteiger partial charge in [-0.2, -0.15) is 0 Å². The zero-order chi connectivity index (χ0) is 24.5. The molecule has 34 heavy (non-hydrogen) atoms. The fraction of sp³-hybridized carbons (Fsp3) is 0.0800. The third-order valence-corrected chi connectivity index (χ3v) is 4.67. The number of rotatable bonds is 8. The molecule has 0 saturated heterocycles. The Morgan fingerprint density at radius 1 is 0.853 bits per heavy atom. The van der Waals surface area contributed by atoms with Crippen molar-refractivity contribution in [2.45, 2.75) is 13.3 Å². The molecule has 6 N–H and O–H groups in total. The number of nitrogens with zero attached hydrogens (tertiary/aromatic N) is 1. The van der Waals surface area contributed by atoms with E-state index in [1.807, 2.05) is 0 Å². The van der Waals surface area contributed by atoms with Crippen LogP contribution in [-0.2, 0) is 4.79 Å². The summed E-state index contributed by atoms with van der Waals surface area (Å²) in [7, 11) is 0. The monoisotopic (exact) mass is 456 g/mol. The molecule has 3 amide bonds. The highest BCUT2D eigenvalue weighted by atomic mass is 16.2. The predicted molar refractivity (Wildman–Crippen MR) is 133 cm³/mol. The maximum Gasteiger partial charge on any atom is 0.274 e. The first-order valence-electron chi connectivity index (χ1n) is 10.5. The molecule has 0 atom stereocenters. The zero-order valence-electron chi connectivity index (χ0n) is 18.5. The second kappa shape index (κ2) is 11.2. The van der Waals surface area contributed by atoms with Gasteiger partial charge in [-0.1, -0.05) is 19.1 Å². The molecule has 0 aliphatic rings. The van der Waals surface area contributed by atoms with E-state index in [0.29, 0.717) is 34.7 Å². The maximum absolute atomic E-state index is 12.6. The molecule has 2 aromatic carbocycles. The van der Waals surface area contributed by atoms with Crippen LogP contribution in [-0.4, -0.2) is 28.9 Å². The summed E-state index contributed by atoms with van der Waals surface area (Å²) in [6.07, 6.45) is 2.77. The summed E-state index contributed by atoms with van der Waals surface area (Å²) in [6, 6.07) is 18.1. The van der Waals surface area contributed by atoms with E-state index >= 15 is 0 Å². The van der Waals surface area contributed by atoms with Crippen molar-refractivity contribution >= 4 is 46.7 Å². The lowest BCUT2D eigenvalue weighted by atomic mass is 10.1. The van der Waals surface area contributed by atoms with Gasteiger partial charge >= 0.3 is 0 Å². The smallest absolute Gasteiger partial charge is 0.274 e. The second-order valence-electron chi connectivity index (χ2n) is 7.16. The molecule has 3 rings (SSSR count). The number of carbonyl (C=O) groups is 3. The standard InChI is InChI=1S/C25H24N6O3/c1-2-23(32)28-19-6-3-5-16(15-19)24(33)29-17-9-11-18(12-10-17)30-25(34)22-8-4-7-21(31-22)20(27)13-14-26/h3-15,26H,2,27H2,1H3,(H,28,32)(H,29,33)(H,30,34)/b20-13-,26-14?. The van der Waals surface area contributed by atoms with Crippen molar-refractivity contribution in [3.63, 3.8) is 0 Å². The Hall–Kier alpha value is -4.79. The van der Waals surface area contributed by atoms with Crippen LogP contribution in [0.3, 0.4) is 0 Å². The number of allylic oxidation sites excluding steroid dienone is 1. The highest BCUT2D eigenvalue weighted by Gasteiger charge is 2.11. The van der Waals surface area contributed by atoms with Crippen molar-refractivity contribution < 1.29 is 14.4 Å². The van der Waals surface area contributed by atoms with Crippen LogP contribution in [0.15, 0.2) is 72.8 Å². The van der Waals surface area contributed by atoms with Crippen molar-refractivity contribution in [1.82, 2.24) is 4.98 Å². The quantitative estimate of drug-likeness (QED) is 0.326. The summed E-state index contributed by atoms with van der Waals surface area (Å²) in [4.78, 5) is 40.9. The van der Waals surface area contributed by atoms with E-state index in [-0.39, 0.29) is 23.2 Å². The van der Waals surface area contributed by atoms with Crippen LogP contribution >= 0.6 is 0 Å². The van der Waals surface area contributed by atoms with Gasteiger partial charge < -0.3 is 27.1 Å². The van der Waals surface area contributed by atoms with Crippen LogP contribution in [0.1, 0.15) is 39.9 Å². The van der Waals surface area contributed by atoms with E-state index in [9.17, 15) is 14.4 Å². The van der Waals surface area contributed by atoms with Gasteiger partial charge in [-0.3, -0.25) is 14.4 Å². The van der Waals surface area contributed by atoms with Crippen molar-refractivity contribution in [1.29, 1.82) is 5.41 Å². The van der Waals surface area contributed by atoms with Crippen LogP contribution in [0.2, 0.25) is 0 Å². The molecule has 0 saturated carbocycles. The summed E-state index contributed by atoms with van der Waals surface area (Å²) in [5.74, 6) is -0.892. The number of hydrogen-bond acceptors (Lipinski definition) is 6. The average molecular weight is 457 g/mol. The van der Waals surface area contributed by atoms with Crippen LogP contribution in [0.4, 0.5) is 17.1 Å². The molecule has 3 aromatic rings. The molecule has 1 heterocycles. The Morgan fingerprint density at radius 2 is 1.47 bits per heavy atom. The third kappa shape index (κ3) is 6.36. The van der Waals surface area contributed by atoms with Gasteiger partial charge in [0.05, 0.1) is 11.4 Å². The molecular formula is C25H24N6O3. The van der Waals surface area contributed by atoms with Gasteiger partial charge in [0.1, 0.15) is 5.69 Å². The number of anilines is 3. The lowest BCUT2D eigenvalue weighted by molar-refractivity contribution is -0.115. The van der Waals surface area contributed by atoms with Crippen LogP contribution in [0.25, 0.3) is 5.70 Å². The van der Waals surface area contributed by atoms with Gasteiger partial charge in [0.25, 0.3) is 11.8 Å². The van der Waals surface area contributed by atoms with Gasteiger partial charge in [0, 0.05) is 35.3 Å². The van der Waals surface area contributed by atoms with Gasteiger partial charge in [-0.25, -0.2) is 4.98 Å². The van der Waals surface area contributed by atoms with Crippen molar-refractivity contribution in [3.05, 3.63) is 89.8 Å². The third-order valence-electron chi connectivity index (χ3n) is 4.67. The molecule has 0 aliphatic heterocycles. The highest BCUT2D eigenvalue weighted by molar-refractivity contribution is 6.06. The topological polar surface area (TPSA) is 150 Å². The number of aromatic nitrogens is 1. The van der Waals surface area contributed by atoms with Crippen molar-refractivity contribution in [3.8, 4) is 0 Å². The summed E-state index contributed by atoms with van der Waals surface area (Å²) in [6.45, 7) is 1.75. The van der Waals surface area contributed by atoms with E-state index in [4.69, 9.17) is 11.1 Å². The van der Waals surface area contributed by atoms with Gasteiger partial charge in [-0.15, -0.1) is 0 Å². The van der Waals surface area contributed by atoms with Gasteiger partial charge in [0.2, 0.25) is 5.91 Å². The van der Waals surface area contributed by atoms with E-state index in [1.165, 1.54) is 6.08 Å². The minimum atomic E-state index is -0.424. The van der Waals surface area contributed by atoms with Crippen molar-refractivity contribution in [2.75, 3.05) is 16.0 Å². The molecule has 0 bridgehead atoms. The van der Waals surface area contributed by atoms with E-state index in [1.54, 1.807) is 73.7 Å². The van der Waals surface area contributed by atoms with E-state index in [2.05, 4.69) is 20.9 Å². The summed E-state index contributed by atoms with van der Waals surface area (Å²) in [5, 5.41) is 15.3. The Labute approximate surface area is 196 Å².